The third-order valence-electron chi connectivity index (χ3n) is 4.20. The molecule has 4 heteroatoms. The Kier molecular flexibility index (Phi) is 4.98. The van der Waals surface area contributed by atoms with E-state index in [0.29, 0.717) is 6.54 Å². The molecule has 1 fully saturated rings. The second-order valence-electron chi connectivity index (χ2n) is 5.71. The van der Waals surface area contributed by atoms with Crippen LogP contribution in [-0.2, 0) is 6.54 Å². The molecule has 0 amide bonds. The lowest BCUT2D eigenvalue weighted by atomic mass is 9.77. The van der Waals surface area contributed by atoms with Gasteiger partial charge in [0.25, 0.3) is 0 Å². The molecule has 19 heavy (non-hydrogen) atoms. The van der Waals surface area contributed by atoms with Gasteiger partial charge in [-0.05, 0) is 55.4 Å². The van der Waals surface area contributed by atoms with E-state index in [2.05, 4.69) is 28.2 Å². The normalized spacial score (nSPS) is 27.5. The maximum atomic E-state index is 13.2. The summed E-state index contributed by atoms with van der Waals surface area (Å²) in [6, 6.07) is 4.70. The summed E-state index contributed by atoms with van der Waals surface area (Å²) in [6.45, 7) is 2.98. The molecule has 2 nitrogen and oxygen atoms in total. The third kappa shape index (κ3) is 3.77. The minimum atomic E-state index is -0.227. The van der Waals surface area contributed by atoms with Crippen LogP contribution in [-0.4, -0.2) is 17.3 Å². The van der Waals surface area contributed by atoms with Gasteiger partial charge in [-0.2, -0.15) is 0 Å². The van der Waals surface area contributed by atoms with Gasteiger partial charge in [-0.15, -0.1) is 0 Å². The van der Waals surface area contributed by atoms with Crippen molar-refractivity contribution in [3.8, 4) is 0 Å². The van der Waals surface area contributed by atoms with Crippen molar-refractivity contribution in [3.63, 3.8) is 0 Å². The Bertz CT molecular complexity index is 430. The van der Waals surface area contributed by atoms with Crippen molar-refractivity contribution in [2.24, 2.45) is 5.92 Å². The number of aliphatic hydroxyl groups excluding tert-OH is 1. The van der Waals surface area contributed by atoms with Crippen LogP contribution in [0.25, 0.3) is 0 Å². The van der Waals surface area contributed by atoms with E-state index in [1.54, 1.807) is 6.07 Å². The molecular formula is C15H21BrFNO. The van der Waals surface area contributed by atoms with Gasteiger partial charge in [0.15, 0.2) is 0 Å². The largest absolute Gasteiger partial charge is 0.394 e. The van der Waals surface area contributed by atoms with E-state index < -0.39 is 0 Å². The molecule has 0 saturated heterocycles. The Labute approximate surface area is 122 Å². The number of nitrogens with one attached hydrogen (secondary N) is 1. The zero-order valence-corrected chi connectivity index (χ0v) is 12.8. The first kappa shape index (κ1) is 14.9. The van der Waals surface area contributed by atoms with E-state index in [9.17, 15) is 9.50 Å². The number of hydrogen-bond acceptors (Lipinski definition) is 2. The second-order valence-corrected chi connectivity index (χ2v) is 6.56. The zero-order chi connectivity index (χ0) is 13.9. The maximum Gasteiger partial charge on any atom is 0.123 e. The summed E-state index contributed by atoms with van der Waals surface area (Å²) in [5, 5.41) is 13.1. The molecule has 1 saturated carbocycles. The van der Waals surface area contributed by atoms with E-state index in [4.69, 9.17) is 0 Å². The molecular weight excluding hydrogens is 309 g/mol. The fraction of sp³-hybridized carbons (Fsp3) is 0.600. The molecule has 106 valence electrons. The summed E-state index contributed by atoms with van der Waals surface area (Å²) in [7, 11) is 0. The van der Waals surface area contributed by atoms with Gasteiger partial charge in [-0.3, -0.25) is 0 Å². The van der Waals surface area contributed by atoms with E-state index in [1.165, 1.54) is 12.1 Å². The van der Waals surface area contributed by atoms with Crippen molar-refractivity contribution >= 4 is 15.9 Å². The first-order valence-electron chi connectivity index (χ1n) is 6.84. The highest BCUT2D eigenvalue weighted by Gasteiger charge is 2.33. The average molecular weight is 330 g/mol. The molecule has 0 spiro atoms. The predicted molar refractivity (Wildman–Crippen MR) is 78.4 cm³/mol. The van der Waals surface area contributed by atoms with Gasteiger partial charge in [-0.25, -0.2) is 4.39 Å². The second kappa shape index (κ2) is 6.33. The predicted octanol–water partition coefficient (Wildman–Crippen LogP) is 3.62. The topological polar surface area (TPSA) is 32.3 Å². The van der Waals surface area contributed by atoms with Crippen LogP contribution < -0.4 is 5.32 Å². The van der Waals surface area contributed by atoms with Gasteiger partial charge < -0.3 is 10.4 Å². The molecule has 0 aromatic heterocycles. The van der Waals surface area contributed by atoms with Crippen molar-refractivity contribution < 1.29 is 9.50 Å². The quantitative estimate of drug-likeness (QED) is 0.884. The first-order chi connectivity index (χ1) is 9.04. The van der Waals surface area contributed by atoms with E-state index in [-0.39, 0.29) is 18.0 Å². The highest BCUT2D eigenvalue weighted by Crippen LogP contribution is 2.32. The molecule has 1 aromatic carbocycles. The van der Waals surface area contributed by atoms with Crippen LogP contribution in [0.1, 0.15) is 38.2 Å². The highest BCUT2D eigenvalue weighted by molar-refractivity contribution is 9.10. The molecule has 0 radical (unpaired) electrons. The van der Waals surface area contributed by atoms with Gasteiger partial charge in [0.05, 0.1) is 6.61 Å². The van der Waals surface area contributed by atoms with E-state index >= 15 is 0 Å². The van der Waals surface area contributed by atoms with Crippen LogP contribution in [0.3, 0.4) is 0 Å². The van der Waals surface area contributed by atoms with Crippen molar-refractivity contribution in [2.75, 3.05) is 6.61 Å². The number of benzene rings is 1. The maximum absolute atomic E-state index is 13.2. The van der Waals surface area contributed by atoms with Crippen LogP contribution in [0.2, 0.25) is 0 Å². The standard InChI is InChI=1S/C15H21BrFNO/c1-11-4-6-15(10-19,7-5-11)18-9-12-8-13(17)2-3-14(12)16/h2-3,8,11,18-19H,4-7,9-10H2,1H3. The summed E-state index contributed by atoms with van der Waals surface area (Å²) in [5.74, 6) is 0.512. The first-order valence-corrected chi connectivity index (χ1v) is 7.64. The Morgan fingerprint density at radius 2 is 2.11 bits per heavy atom. The van der Waals surface area contributed by atoms with Gasteiger partial charge in [-0.1, -0.05) is 22.9 Å². The van der Waals surface area contributed by atoms with Gasteiger partial charge in [0, 0.05) is 16.6 Å². The molecule has 0 heterocycles. The number of aliphatic hydroxyl groups is 1. The average Bonchev–Trinajstić information content (AvgIpc) is 2.42. The Morgan fingerprint density at radius 1 is 1.42 bits per heavy atom. The van der Waals surface area contributed by atoms with Crippen LogP contribution >= 0.6 is 15.9 Å². The van der Waals surface area contributed by atoms with Gasteiger partial charge >= 0.3 is 0 Å². The van der Waals surface area contributed by atoms with Crippen molar-refractivity contribution in [1.82, 2.24) is 5.32 Å². The van der Waals surface area contributed by atoms with Gasteiger partial charge in [0.2, 0.25) is 0 Å². The van der Waals surface area contributed by atoms with Crippen LogP contribution in [0.15, 0.2) is 22.7 Å². The lowest BCUT2D eigenvalue weighted by Gasteiger charge is -2.39. The minimum absolute atomic E-state index is 0.145. The summed E-state index contributed by atoms with van der Waals surface area (Å²) in [6.07, 6.45) is 4.24. The summed E-state index contributed by atoms with van der Waals surface area (Å²) in [5.41, 5.74) is 0.699. The fourth-order valence-electron chi connectivity index (χ4n) is 2.67. The van der Waals surface area contributed by atoms with E-state index in [0.717, 1.165) is 41.6 Å². The van der Waals surface area contributed by atoms with Crippen LogP contribution in [0, 0.1) is 11.7 Å². The van der Waals surface area contributed by atoms with Crippen LogP contribution in [0.5, 0.6) is 0 Å². The zero-order valence-electron chi connectivity index (χ0n) is 11.3. The lowest BCUT2D eigenvalue weighted by Crippen LogP contribution is -2.50. The molecule has 1 aliphatic carbocycles. The number of halogens is 2. The third-order valence-corrected chi connectivity index (χ3v) is 4.97. The molecule has 1 aromatic rings. The number of hydrogen-bond donors (Lipinski definition) is 2. The molecule has 1 aliphatic rings. The summed E-state index contributed by atoms with van der Waals surface area (Å²) < 4.78 is 14.1. The van der Waals surface area contributed by atoms with Crippen LogP contribution in [0.4, 0.5) is 4.39 Å². The van der Waals surface area contributed by atoms with Gasteiger partial charge in [0.1, 0.15) is 5.82 Å². The molecule has 0 bridgehead atoms. The monoisotopic (exact) mass is 329 g/mol. The smallest absolute Gasteiger partial charge is 0.123 e. The Hall–Kier alpha value is -0.450. The van der Waals surface area contributed by atoms with Crippen molar-refractivity contribution in [2.45, 2.75) is 44.7 Å². The minimum Gasteiger partial charge on any atom is -0.394 e. The summed E-state index contributed by atoms with van der Waals surface area (Å²) >= 11 is 3.44. The summed E-state index contributed by atoms with van der Waals surface area (Å²) in [4.78, 5) is 0. The lowest BCUT2D eigenvalue weighted by molar-refractivity contribution is 0.104. The Balaban J connectivity index is 2.01. The highest BCUT2D eigenvalue weighted by atomic mass is 79.9. The Morgan fingerprint density at radius 3 is 2.74 bits per heavy atom. The van der Waals surface area contributed by atoms with Crippen molar-refractivity contribution in [3.05, 3.63) is 34.1 Å². The molecule has 2 N–H and O–H groups in total. The van der Waals surface area contributed by atoms with E-state index in [1.807, 2.05) is 0 Å². The number of rotatable bonds is 4. The molecule has 0 aliphatic heterocycles. The molecule has 2 rings (SSSR count). The molecule has 0 unspecified atom stereocenters. The van der Waals surface area contributed by atoms with Crippen molar-refractivity contribution in [1.29, 1.82) is 0 Å². The SMILES string of the molecule is CC1CCC(CO)(NCc2cc(F)ccc2Br)CC1. The fourth-order valence-corrected chi connectivity index (χ4v) is 3.05. The molecule has 0 atom stereocenters.